The first-order chi connectivity index (χ1) is 9.61. The average molecular weight is 268 g/mol. The molecular weight excluding hydrogens is 252 g/mol. The van der Waals surface area contributed by atoms with E-state index < -0.39 is 0 Å². The van der Waals surface area contributed by atoms with Gasteiger partial charge in [0.2, 0.25) is 0 Å². The van der Waals surface area contributed by atoms with E-state index in [1.54, 1.807) is 6.07 Å². The quantitative estimate of drug-likeness (QED) is 0.490. The molecule has 0 saturated heterocycles. The van der Waals surface area contributed by atoms with Crippen molar-refractivity contribution >= 4 is 38.9 Å². The number of hydrogen-bond acceptors (Lipinski definition) is 5. The van der Waals surface area contributed by atoms with E-state index in [1.165, 1.54) is 0 Å². The molecule has 2 aromatic carbocycles. The van der Waals surface area contributed by atoms with Gasteiger partial charge in [-0.1, -0.05) is 0 Å². The summed E-state index contributed by atoms with van der Waals surface area (Å²) in [6, 6.07) is 9.22. The molecule has 6 N–H and O–H groups in total. The van der Waals surface area contributed by atoms with Gasteiger partial charge in [0, 0.05) is 10.8 Å². The molecule has 0 atom stereocenters. The topological polar surface area (TPSA) is 100 Å². The Morgan fingerprint density at radius 2 is 1.80 bits per heavy atom. The number of rotatable bonds is 2. The Morgan fingerprint density at radius 1 is 1.00 bits per heavy atom. The van der Waals surface area contributed by atoms with Gasteiger partial charge in [-0.3, -0.25) is 0 Å². The van der Waals surface area contributed by atoms with Crippen molar-refractivity contribution in [3.8, 4) is 5.75 Å². The molecule has 0 saturated carbocycles. The summed E-state index contributed by atoms with van der Waals surface area (Å²) in [4.78, 5) is 4.56. The molecule has 0 unspecified atom stereocenters. The molecule has 0 aliphatic heterocycles. The van der Waals surface area contributed by atoms with Crippen LogP contribution in [0.2, 0.25) is 0 Å². The van der Waals surface area contributed by atoms with Crippen LogP contribution in [-0.4, -0.2) is 11.6 Å². The first-order valence-electron chi connectivity index (χ1n) is 6.41. The lowest BCUT2D eigenvalue weighted by molar-refractivity contribution is 0.341. The molecule has 3 aromatic rings. The standard InChI is InChI=1S/C15H16N4O/c1-2-20-8-3-6-12-10(7-8)13(17)9-4-5-11(16)14(18)15(9)19-12/h3-7H,2,16,18H2,1H3,(H2,17,19). The molecule has 0 radical (unpaired) electrons. The Balaban J connectivity index is 2.38. The lowest BCUT2D eigenvalue weighted by Crippen LogP contribution is -2.00. The van der Waals surface area contributed by atoms with Gasteiger partial charge in [-0.15, -0.1) is 0 Å². The van der Waals surface area contributed by atoms with Gasteiger partial charge in [0.05, 0.1) is 34.7 Å². The zero-order chi connectivity index (χ0) is 14.3. The molecule has 0 aliphatic rings. The largest absolute Gasteiger partial charge is 0.494 e. The highest BCUT2D eigenvalue weighted by atomic mass is 16.5. The summed E-state index contributed by atoms with van der Waals surface area (Å²) in [6.07, 6.45) is 0. The Morgan fingerprint density at radius 3 is 2.55 bits per heavy atom. The Hall–Kier alpha value is -2.69. The maximum Gasteiger partial charge on any atom is 0.120 e. The summed E-state index contributed by atoms with van der Waals surface area (Å²) in [5.41, 5.74) is 21.1. The molecule has 0 amide bonds. The normalized spacial score (nSPS) is 11.1. The highest BCUT2D eigenvalue weighted by Gasteiger charge is 2.11. The van der Waals surface area contributed by atoms with E-state index in [1.807, 2.05) is 31.2 Å². The van der Waals surface area contributed by atoms with E-state index in [0.717, 1.165) is 22.0 Å². The number of fused-ring (bicyclic) bond motifs is 2. The van der Waals surface area contributed by atoms with Gasteiger partial charge >= 0.3 is 0 Å². The van der Waals surface area contributed by atoms with Crippen molar-refractivity contribution in [2.24, 2.45) is 0 Å². The summed E-state index contributed by atoms with van der Waals surface area (Å²) in [5, 5.41) is 1.66. The number of pyridine rings is 1. The number of aromatic nitrogens is 1. The molecule has 1 heterocycles. The van der Waals surface area contributed by atoms with Crippen molar-refractivity contribution in [1.29, 1.82) is 0 Å². The van der Waals surface area contributed by atoms with Crippen LogP contribution in [-0.2, 0) is 0 Å². The minimum absolute atomic E-state index is 0.463. The van der Waals surface area contributed by atoms with Crippen molar-refractivity contribution in [1.82, 2.24) is 4.98 Å². The predicted molar refractivity (Wildman–Crippen MR) is 83.7 cm³/mol. The van der Waals surface area contributed by atoms with Gasteiger partial charge in [-0.2, -0.15) is 0 Å². The SMILES string of the molecule is CCOc1ccc2nc3c(N)c(N)ccc3c(N)c2c1. The maximum absolute atomic E-state index is 6.25. The van der Waals surface area contributed by atoms with Gasteiger partial charge < -0.3 is 21.9 Å². The van der Waals surface area contributed by atoms with Gasteiger partial charge in [-0.05, 0) is 37.3 Å². The van der Waals surface area contributed by atoms with E-state index >= 15 is 0 Å². The van der Waals surface area contributed by atoms with Crippen molar-refractivity contribution in [3.63, 3.8) is 0 Å². The molecule has 0 aliphatic carbocycles. The molecule has 0 fully saturated rings. The number of nitrogen functional groups attached to an aromatic ring is 3. The summed E-state index contributed by atoms with van der Waals surface area (Å²) < 4.78 is 5.50. The fourth-order valence-electron chi connectivity index (χ4n) is 2.31. The van der Waals surface area contributed by atoms with Crippen LogP contribution >= 0.6 is 0 Å². The fraction of sp³-hybridized carbons (Fsp3) is 0.133. The number of nitrogens with zero attached hydrogens (tertiary/aromatic N) is 1. The molecule has 20 heavy (non-hydrogen) atoms. The van der Waals surface area contributed by atoms with E-state index in [2.05, 4.69) is 4.98 Å². The van der Waals surface area contributed by atoms with E-state index in [9.17, 15) is 0 Å². The number of nitrogens with two attached hydrogens (primary N) is 3. The Kier molecular flexibility index (Phi) is 2.75. The van der Waals surface area contributed by atoms with Crippen LogP contribution in [0, 0.1) is 0 Å². The van der Waals surface area contributed by atoms with Crippen molar-refractivity contribution < 1.29 is 4.74 Å². The average Bonchev–Trinajstić information content (AvgIpc) is 2.45. The minimum Gasteiger partial charge on any atom is -0.494 e. The first kappa shape index (κ1) is 12.3. The van der Waals surface area contributed by atoms with Gasteiger partial charge in [0.25, 0.3) is 0 Å². The highest BCUT2D eigenvalue weighted by molar-refractivity contribution is 6.11. The third kappa shape index (κ3) is 1.75. The van der Waals surface area contributed by atoms with Crippen molar-refractivity contribution in [2.75, 3.05) is 23.8 Å². The number of anilines is 3. The predicted octanol–water partition coefficient (Wildman–Crippen LogP) is 2.53. The van der Waals surface area contributed by atoms with Crippen LogP contribution in [0.3, 0.4) is 0 Å². The smallest absolute Gasteiger partial charge is 0.120 e. The third-order valence-electron chi connectivity index (χ3n) is 3.34. The van der Waals surface area contributed by atoms with E-state index in [0.29, 0.717) is 29.2 Å². The van der Waals surface area contributed by atoms with Crippen molar-refractivity contribution in [2.45, 2.75) is 6.92 Å². The molecular formula is C15H16N4O. The van der Waals surface area contributed by atoms with E-state index in [-0.39, 0.29) is 0 Å². The van der Waals surface area contributed by atoms with Crippen LogP contribution in [0.4, 0.5) is 17.1 Å². The Bertz CT molecular complexity index is 814. The second kappa shape index (κ2) is 4.45. The molecule has 5 heteroatoms. The fourth-order valence-corrected chi connectivity index (χ4v) is 2.31. The van der Waals surface area contributed by atoms with Gasteiger partial charge in [0.1, 0.15) is 5.75 Å². The molecule has 5 nitrogen and oxygen atoms in total. The number of ether oxygens (including phenoxy) is 1. The van der Waals surface area contributed by atoms with Crippen LogP contribution < -0.4 is 21.9 Å². The van der Waals surface area contributed by atoms with Gasteiger partial charge in [0.15, 0.2) is 0 Å². The van der Waals surface area contributed by atoms with Crippen LogP contribution in [0.5, 0.6) is 5.75 Å². The summed E-state index contributed by atoms with van der Waals surface area (Å²) in [5.74, 6) is 0.774. The summed E-state index contributed by atoms with van der Waals surface area (Å²) in [6.45, 7) is 2.55. The van der Waals surface area contributed by atoms with Crippen molar-refractivity contribution in [3.05, 3.63) is 30.3 Å². The maximum atomic E-state index is 6.25. The van der Waals surface area contributed by atoms with Crippen LogP contribution in [0.1, 0.15) is 6.92 Å². The molecule has 3 rings (SSSR count). The number of hydrogen-bond donors (Lipinski definition) is 3. The van der Waals surface area contributed by atoms with Gasteiger partial charge in [-0.25, -0.2) is 4.98 Å². The second-order valence-electron chi connectivity index (χ2n) is 4.60. The second-order valence-corrected chi connectivity index (χ2v) is 4.60. The lowest BCUT2D eigenvalue weighted by atomic mass is 10.1. The van der Waals surface area contributed by atoms with Crippen LogP contribution in [0.25, 0.3) is 21.8 Å². The zero-order valence-corrected chi connectivity index (χ0v) is 11.2. The number of benzene rings is 2. The Labute approximate surface area is 116 Å². The molecule has 1 aromatic heterocycles. The van der Waals surface area contributed by atoms with E-state index in [4.69, 9.17) is 21.9 Å². The van der Waals surface area contributed by atoms with Crippen LogP contribution in [0.15, 0.2) is 30.3 Å². The first-order valence-corrected chi connectivity index (χ1v) is 6.41. The highest BCUT2D eigenvalue weighted by Crippen LogP contribution is 2.34. The monoisotopic (exact) mass is 268 g/mol. The summed E-state index contributed by atoms with van der Waals surface area (Å²) >= 11 is 0. The minimum atomic E-state index is 0.463. The molecule has 0 bridgehead atoms. The lowest BCUT2D eigenvalue weighted by Gasteiger charge is -2.11. The molecule has 0 spiro atoms. The zero-order valence-electron chi connectivity index (χ0n) is 11.2. The summed E-state index contributed by atoms with van der Waals surface area (Å²) in [7, 11) is 0. The third-order valence-corrected chi connectivity index (χ3v) is 3.34. The molecule has 102 valence electrons.